The van der Waals surface area contributed by atoms with Crippen LogP contribution < -0.4 is 0 Å². The van der Waals surface area contributed by atoms with E-state index < -0.39 is 0 Å². The standard InChI is InChI=1S/C16H20BrNOS/c1-5-16(6-2,19-4)15-18-14(11(3)20-15)12-9-7-8-10-13(12)17/h7-10H,5-6H2,1-4H3. The highest BCUT2D eigenvalue weighted by molar-refractivity contribution is 9.10. The van der Waals surface area contributed by atoms with Gasteiger partial charge in [-0.15, -0.1) is 11.3 Å². The topological polar surface area (TPSA) is 22.1 Å². The molecule has 2 rings (SSSR count). The summed E-state index contributed by atoms with van der Waals surface area (Å²) in [5.41, 5.74) is 1.94. The van der Waals surface area contributed by atoms with Gasteiger partial charge in [-0.2, -0.15) is 0 Å². The van der Waals surface area contributed by atoms with E-state index in [0.717, 1.165) is 33.6 Å². The van der Waals surface area contributed by atoms with E-state index in [1.165, 1.54) is 4.88 Å². The van der Waals surface area contributed by atoms with Crippen LogP contribution in [-0.2, 0) is 10.3 Å². The SMILES string of the molecule is CCC(CC)(OC)c1nc(-c2ccccc2Br)c(C)s1. The number of ether oxygens (including phenoxy) is 1. The van der Waals surface area contributed by atoms with Crippen molar-refractivity contribution >= 4 is 27.3 Å². The Morgan fingerprint density at radius 3 is 2.45 bits per heavy atom. The van der Waals surface area contributed by atoms with Crippen LogP contribution in [0.5, 0.6) is 0 Å². The number of aryl methyl sites for hydroxylation is 1. The first-order valence-electron chi connectivity index (χ1n) is 6.86. The van der Waals surface area contributed by atoms with Crippen molar-refractivity contribution in [3.8, 4) is 11.3 Å². The molecular weight excluding hydrogens is 334 g/mol. The van der Waals surface area contributed by atoms with Gasteiger partial charge in [0.15, 0.2) is 0 Å². The summed E-state index contributed by atoms with van der Waals surface area (Å²) in [6.07, 6.45) is 1.87. The molecule has 0 bridgehead atoms. The molecule has 0 amide bonds. The summed E-state index contributed by atoms with van der Waals surface area (Å²) >= 11 is 5.35. The third-order valence-corrected chi connectivity index (χ3v) is 5.70. The Kier molecular flexibility index (Phi) is 4.99. The first-order chi connectivity index (χ1) is 9.57. The fraction of sp³-hybridized carbons (Fsp3) is 0.438. The molecular formula is C16H20BrNOS. The Labute approximate surface area is 133 Å². The number of hydrogen-bond donors (Lipinski definition) is 0. The lowest BCUT2D eigenvalue weighted by atomic mass is 9.98. The highest BCUT2D eigenvalue weighted by Crippen LogP contribution is 2.40. The molecule has 0 saturated carbocycles. The van der Waals surface area contributed by atoms with Crippen LogP contribution in [0, 0.1) is 6.92 Å². The molecule has 0 saturated heterocycles. The third-order valence-electron chi connectivity index (χ3n) is 3.85. The summed E-state index contributed by atoms with van der Waals surface area (Å²) in [5.74, 6) is 0. The van der Waals surface area contributed by atoms with Gasteiger partial charge >= 0.3 is 0 Å². The van der Waals surface area contributed by atoms with E-state index in [9.17, 15) is 0 Å². The lowest BCUT2D eigenvalue weighted by molar-refractivity contribution is -0.0218. The van der Waals surface area contributed by atoms with Gasteiger partial charge in [-0.25, -0.2) is 4.98 Å². The molecule has 0 spiro atoms. The third kappa shape index (κ3) is 2.69. The van der Waals surface area contributed by atoms with Gasteiger partial charge < -0.3 is 4.74 Å². The van der Waals surface area contributed by atoms with Crippen LogP contribution in [-0.4, -0.2) is 12.1 Å². The average Bonchev–Trinajstić information content (AvgIpc) is 2.84. The summed E-state index contributed by atoms with van der Waals surface area (Å²) in [7, 11) is 1.78. The molecule has 2 aromatic rings. The van der Waals surface area contributed by atoms with Gasteiger partial charge in [-0.3, -0.25) is 0 Å². The molecule has 1 heterocycles. The maximum Gasteiger partial charge on any atom is 0.126 e. The first kappa shape index (κ1) is 15.7. The van der Waals surface area contributed by atoms with E-state index in [0.29, 0.717) is 0 Å². The predicted molar refractivity (Wildman–Crippen MR) is 89.3 cm³/mol. The summed E-state index contributed by atoms with van der Waals surface area (Å²) < 4.78 is 6.87. The molecule has 20 heavy (non-hydrogen) atoms. The minimum atomic E-state index is -0.255. The van der Waals surface area contributed by atoms with Crippen LogP contribution in [0.3, 0.4) is 0 Å². The number of methoxy groups -OCH3 is 1. The van der Waals surface area contributed by atoms with Gasteiger partial charge in [0.25, 0.3) is 0 Å². The molecule has 1 aromatic carbocycles. The molecule has 1 aromatic heterocycles. The second-order valence-electron chi connectivity index (χ2n) is 4.81. The zero-order valence-corrected chi connectivity index (χ0v) is 14.8. The van der Waals surface area contributed by atoms with Crippen LogP contribution in [0.15, 0.2) is 28.7 Å². The second-order valence-corrected chi connectivity index (χ2v) is 6.87. The Morgan fingerprint density at radius 1 is 1.25 bits per heavy atom. The highest BCUT2D eigenvalue weighted by Gasteiger charge is 2.32. The summed E-state index contributed by atoms with van der Waals surface area (Å²) in [4.78, 5) is 6.12. The molecule has 0 N–H and O–H groups in total. The fourth-order valence-electron chi connectivity index (χ4n) is 2.42. The van der Waals surface area contributed by atoms with E-state index >= 15 is 0 Å². The second kappa shape index (κ2) is 6.37. The van der Waals surface area contributed by atoms with Crippen molar-refractivity contribution < 1.29 is 4.74 Å². The molecule has 0 aliphatic carbocycles. The number of thiazole rings is 1. The van der Waals surface area contributed by atoms with E-state index in [1.807, 2.05) is 12.1 Å². The molecule has 108 valence electrons. The Bertz CT molecular complexity index is 582. The van der Waals surface area contributed by atoms with Crippen molar-refractivity contribution in [3.63, 3.8) is 0 Å². The number of rotatable bonds is 5. The minimum absolute atomic E-state index is 0.255. The Morgan fingerprint density at radius 2 is 1.90 bits per heavy atom. The maximum absolute atomic E-state index is 5.79. The van der Waals surface area contributed by atoms with Crippen molar-refractivity contribution in [2.75, 3.05) is 7.11 Å². The predicted octanol–water partition coefficient (Wildman–Crippen LogP) is 5.54. The van der Waals surface area contributed by atoms with Gasteiger partial charge in [0, 0.05) is 22.0 Å². The average molecular weight is 354 g/mol. The summed E-state index contributed by atoms with van der Waals surface area (Å²) in [6, 6.07) is 8.22. The van der Waals surface area contributed by atoms with Crippen LogP contribution >= 0.6 is 27.3 Å². The quantitative estimate of drug-likeness (QED) is 0.703. The lowest BCUT2D eigenvalue weighted by Crippen LogP contribution is -2.26. The maximum atomic E-state index is 5.79. The monoisotopic (exact) mass is 353 g/mol. The molecule has 0 atom stereocenters. The zero-order chi connectivity index (χ0) is 14.8. The van der Waals surface area contributed by atoms with Gasteiger partial charge in [0.2, 0.25) is 0 Å². The highest BCUT2D eigenvalue weighted by atomic mass is 79.9. The lowest BCUT2D eigenvalue weighted by Gasteiger charge is -2.27. The number of aromatic nitrogens is 1. The van der Waals surface area contributed by atoms with Crippen LogP contribution in [0.25, 0.3) is 11.3 Å². The van der Waals surface area contributed by atoms with E-state index in [4.69, 9.17) is 9.72 Å². The number of benzene rings is 1. The van der Waals surface area contributed by atoms with Crippen molar-refractivity contribution in [1.82, 2.24) is 4.98 Å². The smallest absolute Gasteiger partial charge is 0.126 e. The molecule has 0 fully saturated rings. The largest absolute Gasteiger partial charge is 0.371 e. The van der Waals surface area contributed by atoms with Gasteiger partial charge in [0.05, 0.1) is 5.69 Å². The molecule has 0 aliphatic rings. The fourth-order valence-corrected chi connectivity index (χ4v) is 4.13. The number of nitrogens with zero attached hydrogens (tertiary/aromatic N) is 1. The molecule has 4 heteroatoms. The van der Waals surface area contributed by atoms with Crippen molar-refractivity contribution in [2.45, 2.75) is 39.2 Å². The summed E-state index contributed by atoms with van der Waals surface area (Å²) in [6.45, 7) is 6.44. The Hall–Kier alpha value is -0.710. The van der Waals surface area contributed by atoms with Crippen molar-refractivity contribution in [2.24, 2.45) is 0 Å². The van der Waals surface area contributed by atoms with Crippen molar-refractivity contribution in [3.05, 3.63) is 38.6 Å². The minimum Gasteiger partial charge on any atom is -0.371 e. The van der Waals surface area contributed by atoms with E-state index in [1.54, 1.807) is 18.4 Å². The first-order valence-corrected chi connectivity index (χ1v) is 8.46. The molecule has 0 aliphatic heterocycles. The Balaban J connectivity index is 2.53. The van der Waals surface area contributed by atoms with Gasteiger partial charge in [-0.1, -0.05) is 48.0 Å². The normalized spacial score (nSPS) is 11.8. The van der Waals surface area contributed by atoms with Crippen molar-refractivity contribution in [1.29, 1.82) is 0 Å². The zero-order valence-electron chi connectivity index (χ0n) is 12.4. The molecule has 2 nitrogen and oxygen atoms in total. The van der Waals surface area contributed by atoms with E-state index in [-0.39, 0.29) is 5.60 Å². The van der Waals surface area contributed by atoms with Gasteiger partial charge in [-0.05, 0) is 25.8 Å². The molecule has 0 radical (unpaired) electrons. The summed E-state index contributed by atoms with van der Waals surface area (Å²) in [5, 5.41) is 1.08. The molecule has 0 unspecified atom stereocenters. The van der Waals surface area contributed by atoms with Crippen LogP contribution in [0.1, 0.15) is 36.6 Å². The number of hydrogen-bond acceptors (Lipinski definition) is 3. The van der Waals surface area contributed by atoms with E-state index in [2.05, 4.69) is 48.8 Å². The van der Waals surface area contributed by atoms with Gasteiger partial charge in [0.1, 0.15) is 10.6 Å². The van der Waals surface area contributed by atoms with Crippen LogP contribution in [0.4, 0.5) is 0 Å². The number of halogens is 1. The van der Waals surface area contributed by atoms with Crippen LogP contribution in [0.2, 0.25) is 0 Å².